The third kappa shape index (κ3) is 6.30. The number of hydrogen-bond acceptors (Lipinski definition) is 8. The Labute approximate surface area is 192 Å². The highest BCUT2D eigenvalue weighted by Gasteiger charge is 2.20. The van der Waals surface area contributed by atoms with Crippen molar-refractivity contribution in [3.8, 4) is 0 Å². The third-order valence-electron chi connectivity index (χ3n) is 5.36. The minimum atomic E-state index is -0.292. The summed E-state index contributed by atoms with van der Waals surface area (Å²) >= 11 is 0. The van der Waals surface area contributed by atoms with Crippen LogP contribution in [0, 0.1) is 5.82 Å². The lowest BCUT2D eigenvalue weighted by Gasteiger charge is -2.34. The van der Waals surface area contributed by atoms with Crippen molar-refractivity contribution in [2.75, 3.05) is 56.1 Å². The van der Waals surface area contributed by atoms with Gasteiger partial charge in [0.1, 0.15) is 11.7 Å². The van der Waals surface area contributed by atoms with Crippen LogP contribution in [0.3, 0.4) is 0 Å². The Morgan fingerprint density at radius 1 is 1.09 bits per heavy atom. The standard InChI is InChI=1S/C24H28FN7O/c1-2-4-19-16-22(26-17-19)28-23-27-21(8-7-18-5-3-6-20(25)15-18)29-24(30-23)32-11-9-31(10-12-32)13-14-33/h2-8,15-16,33H,9-14,17H2,1H3,(H,26,27,28,29,30)/b4-2+,8-7+. The number of amidine groups is 1. The quantitative estimate of drug-likeness (QED) is 0.672. The maximum Gasteiger partial charge on any atom is 0.233 e. The van der Waals surface area contributed by atoms with E-state index in [1.165, 1.54) is 12.1 Å². The molecule has 1 fully saturated rings. The average Bonchev–Trinajstić information content (AvgIpc) is 3.25. The molecule has 0 atom stereocenters. The number of benzene rings is 1. The monoisotopic (exact) mass is 449 g/mol. The number of nitrogens with one attached hydrogen (secondary N) is 1. The molecule has 2 aliphatic heterocycles. The highest BCUT2D eigenvalue weighted by atomic mass is 19.1. The maximum atomic E-state index is 13.5. The van der Waals surface area contributed by atoms with E-state index in [-0.39, 0.29) is 12.4 Å². The molecule has 9 heteroatoms. The molecule has 0 amide bonds. The van der Waals surface area contributed by atoms with Crippen LogP contribution in [0.1, 0.15) is 18.3 Å². The molecule has 0 saturated carbocycles. The van der Waals surface area contributed by atoms with Gasteiger partial charge in [0.25, 0.3) is 0 Å². The van der Waals surface area contributed by atoms with Crippen LogP contribution in [-0.4, -0.2) is 76.7 Å². The number of piperazine rings is 1. The molecule has 0 spiro atoms. The molecular formula is C24H28FN7O. The molecule has 0 bridgehead atoms. The molecule has 33 heavy (non-hydrogen) atoms. The Bertz CT molecular complexity index is 1090. The summed E-state index contributed by atoms with van der Waals surface area (Å²) < 4.78 is 13.5. The first kappa shape index (κ1) is 22.8. The summed E-state index contributed by atoms with van der Waals surface area (Å²) in [5.41, 5.74) is 1.84. The predicted octanol–water partition coefficient (Wildman–Crippen LogP) is 2.62. The van der Waals surface area contributed by atoms with Gasteiger partial charge >= 0.3 is 0 Å². The second-order valence-electron chi connectivity index (χ2n) is 7.80. The third-order valence-corrected chi connectivity index (χ3v) is 5.36. The van der Waals surface area contributed by atoms with Gasteiger partial charge in [0.2, 0.25) is 11.9 Å². The number of hydrogen-bond donors (Lipinski definition) is 2. The molecule has 0 aliphatic carbocycles. The van der Waals surface area contributed by atoms with E-state index in [4.69, 9.17) is 0 Å². The molecule has 0 radical (unpaired) electrons. The maximum absolute atomic E-state index is 13.5. The average molecular weight is 450 g/mol. The number of aliphatic hydroxyl groups is 1. The van der Waals surface area contributed by atoms with E-state index in [1.54, 1.807) is 18.2 Å². The second kappa shape index (κ2) is 10.9. The second-order valence-corrected chi connectivity index (χ2v) is 7.80. The van der Waals surface area contributed by atoms with Crippen molar-refractivity contribution in [3.63, 3.8) is 0 Å². The number of β-amino-alcohol motifs (C(OH)–C–C–N with tert-alkyl or cyclic N) is 1. The van der Waals surface area contributed by atoms with Crippen LogP contribution in [0.4, 0.5) is 16.3 Å². The van der Waals surface area contributed by atoms with Crippen LogP contribution in [0.5, 0.6) is 0 Å². The zero-order valence-electron chi connectivity index (χ0n) is 18.7. The van der Waals surface area contributed by atoms with Gasteiger partial charge in [-0.15, -0.1) is 0 Å². The normalized spacial score (nSPS) is 17.1. The van der Waals surface area contributed by atoms with Crippen molar-refractivity contribution in [1.29, 1.82) is 0 Å². The zero-order chi connectivity index (χ0) is 23.0. The van der Waals surface area contributed by atoms with Gasteiger partial charge in [-0.1, -0.05) is 30.4 Å². The van der Waals surface area contributed by atoms with E-state index in [9.17, 15) is 9.50 Å². The fourth-order valence-electron chi connectivity index (χ4n) is 3.69. The fourth-order valence-corrected chi connectivity index (χ4v) is 3.69. The molecule has 172 valence electrons. The molecule has 2 aromatic rings. The van der Waals surface area contributed by atoms with E-state index in [0.717, 1.165) is 37.3 Å². The smallest absolute Gasteiger partial charge is 0.233 e. The van der Waals surface area contributed by atoms with Crippen molar-refractivity contribution >= 4 is 29.9 Å². The lowest BCUT2D eigenvalue weighted by Crippen LogP contribution is -2.47. The molecular weight excluding hydrogens is 421 g/mol. The molecule has 2 N–H and O–H groups in total. The van der Waals surface area contributed by atoms with Crippen LogP contribution < -0.4 is 10.2 Å². The van der Waals surface area contributed by atoms with Gasteiger partial charge in [-0.3, -0.25) is 9.89 Å². The molecule has 3 heterocycles. The Hall–Kier alpha value is -3.43. The van der Waals surface area contributed by atoms with Gasteiger partial charge in [-0.05, 0) is 42.3 Å². The zero-order valence-corrected chi connectivity index (χ0v) is 18.7. The van der Waals surface area contributed by atoms with Gasteiger partial charge in [-0.2, -0.15) is 15.0 Å². The molecule has 0 unspecified atom stereocenters. The van der Waals surface area contributed by atoms with Crippen LogP contribution in [0.2, 0.25) is 0 Å². The lowest BCUT2D eigenvalue weighted by atomic mass is 10.2. The Balaban J connectivity index is 1.57. The highest BCUT2D eigenvalue weighted by Crippen LogP contribution is 2.17. The molecule has 2 aliphatic rings. The molecule has 1 aromatic carbocycles. The van der Waals surface area contributed by atoms with Crippen molar-refractivity contribution in [2.45, 2.75) is 6.92 Å². The summed E-state index contributed by atoms with van der Waals surface area (Å²) in [6.45, 7) is 6.56. The first-order valence-electron chi connectivity index (χ1n) is 11.1. The SMILES string of the molecule is C/C=C/C1=CC(Nc2nc(/C=C/c3cccc(F)c3)nc(N3CCN(CCO)CC3)n2)=NC1. The van der Waals surface area contributed by atoms with Crippen LogP contribution in [0.25, 0.3) is 12.2 Å². The Morgan fingerprint density at radius 3 is 2.70 bits per heavy atom. The van der Waals surface area contributed by atoms with Crippen molar-refractivity contribution < 1.29 is 9.50 Å². The Morgan fingerprint density at radius 2 is 1.94 bits per heavy atom. The summed E-state index contributed by atoms with van der Waals surface area (Å²) in [6, 6.07) is 6.36. The summed E-state index contributed by atoms with van der Waals surface area (Å²) in [4.78, 5) is 22.6. The van der Waals surface area contributed by atoms with E-state index in [2.05, 4.69) is 35.1 Å². The van der Waals surface area contributed by atoms with E-state index in [1.807, 2.05) is 31.2 Å². The Kier molecular flexibility index (Phi) is 7.54. The van der Waals surface area contributed by atoms with Gasteiger partial charge in [0, 0.05) is 32.7 Å². The molecule has 4 rings (SSSR count). The molecule has 1 saturated heterocycles. The van der Waals surface area contributed by atoms with Crippen LogP contribution >= 0.6 is 0 Å². The van der Waals surface area contributed by atoms with Crippen molar-refractivity contribution in [1.82, 2.24) is 19.9 Å². The van der Waals surface area contributed by atoms with Gasteiger partial charge in [0.05, 0.1) is 13.2 Å². The summed E-state index contributed by atoms with van der Waals surface area (Å²) in [7, 11) is 0. The van der Waals surface area contributed by atoms with Gasteiger partial charge in [0.15, 0.2) is 5.82 Å². The largest absolute Gasteiger partial charge is 0.395 e. The van der Waals surface area contributed by atoms with Gasteiger partial charge in [-0.25, -0.2) is 4.39 Å². The number of aliphatic imine (C=N–C) groups is 1. The van der Waals surface area contributed by atoms with Gasteiger partial charge < -0.3 is 15.3 Å². The summed E-state index contributed by atoms with van der Waals surface area (Å²) in [6.07, 6.45) is 9.51. The van der Waals surface area contributed by atoms with Crippen LogP contribution in [-0.2, 0) is 0 Å². The first-order chi connectivity index (χ1) is 16.1. The van der Waals surface area contributed by atoms with E-state index >= 15 is 0 Å². The number of halogens is 1. The number of anilines is 2. The topological polar surface area (TPSA) is 89.8 Å². The van der Waals surface area contributed by atoms with Crippen LogP contribution in [0.15, 0.2) is 53.1 Å². The highest BCUT2D eigenvalue weighted by molar-refractivity contribution is 6.05. The lowest BCUT2D eigenvalue weighted by molar-refractivity contribution is 0.188. The molecule has 8 nitrogen and oxygen atoms in total. The number of nitrogens with zero attached hydrogens (tertiary/aromatic N) is 6. The van der Waals surface area contributed by atoms with E-state index in [0.29, 0.717) is 36.6 Å². The first-order valence-corrected chi connectivity index (χ1v) is 11.1. The van der Waals surface area contributed by atoms with Crippen molar-refractivity contribution in [2.24, 2.45) is 4.99 Å². The summed E-state index contributed by atoms with van der Waals surface area (Å²) in [5, 5.41) is 12.4. The summed E-state index contributed by atoms with van der Waals surface area (Å²) in [5.74, 6) is 1.87. The predicted molar refractivity (Wildman–Crippen MR) is 130 cm³/mol. The number of rotatable bonds is 7. The number of aliphatic hydroxyl groups excluding tert-OH is 1. The fraction of sp³-hybridized carbons (Fsp3) is 0.333. The van der Waals surface area contributed by atoms with E-state index < -0.39 is 0 Å². The van der Waals surface area contributed by atoms with Crippen molar-refractivity contribution in [3.05, 3.63) is 65.3 Å². The number of allylic oxidation sites excluding steroid dienone is 1. The number of aromatic nitrogens is 3. The minimum Gasteiger partial charge on any atom is -0.395 e. The minimum absolute atomic E-state index is 0.152. The molecule has 1 aromatic heterocycles.